The fourth-order valence-electron chi connectivity index (χ4n) is 3.76. The molecule has 4 rings (SSSR count). The van der Waals surface area contributed by atoms with Crippen molar-refractivity contribution in [3.05, 3.63) is 82.3 Å². The standard InChI is InChI=1S/C23H25BrN4S/c1-15-13-17(8-9-18(15)24)28-21(16-10-12-27(14-16)23(2,3)4)20(26-22(28)29)19-7-5-6-11-25-19/h5-14,20-21H,1-4H3,(H,26,29)/t20-,21+/m0/s1. The smallest absolute Gasteiger partial charge is 0.174 e. The van der Waals surface area contributed by atoms with E-state index >= 15 is 0 Å². The minimum atomic E-state index is -0.0246. The highest BCUT2D eigenvalue weighted by molar-refractivity contribution is 9.10. The van der Waals surface area contributed by atoms with Gasteiger partial charge in [0, 0.05) is 34.3 Å². The number of anilines is 1. The highest BCUT2D eigenvalue weighted by Crippen LogP contribution is 2.42. The van der Waals surface area contributed by atoms with E-state index in [4.69, 9.17) is 12.2 Å². The molecular weight excluding hydrogens is 444 g/mol. The van der Waals surface area contributed by atoms with Crippen LogP contribution in [0, 0.1) is 6.92 Å². The van der Waals surface area contributed by atoms with Crippen molar-refractivity contribution in [3.8, 4) is 0 Å². The summed E-state index contributed by atoms with van der Waals surface area (Å²) in [7, 11) is 0. The predicted octanol–water partition coefficient (Wildman–Crippen LogP) is 5.89. The van der Waals surface area contributed by atoms with Crippen LogP contribution in [0.25, 0.3) is 0 Å². The zero-order valence-electron chi connectivity index (χ0n) is 17.1. The number of pyridine rings is 1. The second kappa shape index (κ2) is 7.58. The van der Waals surface area contributed by atoms with Crippen LogP contribution in [0.1, 0.15) is 49.7 Å². The van der Waals surface area contributed by atoms with Crippen LogP contribution in [0.2, 0.25) is 0 Å². The molecule has 3 aromatic rings. The molecule has 3 heterocycles. The van der Waals surface area contributed by atoms with E-state index in [9.17, 15) is 0 Å². The van der Waals surface area contributed by atoms with E-state index in [1.165, 1.54) is 11.1 Å². The Labute approximate surface area is 186 Å². The number of hydrogen-bond acceptors (Lipinski definition) is 2. The van der Waals surface area contributed by atoms with Gasteiger partial charge in [-0.05, 0) is 87.4 Å². The minimum Gasteiger partial charge on any atom is -0.351 e. The summed E-state index contributed by atoms with van der Waals surface area (Å²) >= 11 is 9.41. The molecule has 2 aromatic heterocycles. The SMILES string of the molecule is Cc1cc(N2C(=S)N[C@@H](c3ccccn3)[C@H]2c2ccn(C(C)(C)C)c2)ccc1Br. The van der Waals surface area contributed by atoms with Crippen LogP contribution < -0.4 is 10.2 Å². The molecular formula is C23H25BrN4S. The number of benzene rings is 1. The molecule has 1 aromatic carbocycles. The average molecular weight is 469 g/mol. The van der Waals surface area contributed by atoms with Crippen molar-refractivity contribution in [2.75, 3.05) is 4.90 Å². The molecule has 6 heteroatoms. The van der Waals surface area contributed by atoms with Crippen molar-refractivity contribution in [2.45, 2.75) is 45.3 Å². The van der Waals surface area contributed by atoms with Gasteiger partial charge in [-0.15, -0.1) is 0 Å². The van der Waals surface area contributed by atoms with Crippen molar-refractivity contribution in [3.63, 3.8) is 0 Å². The number of aryl methyl sites for hydroxylation is 1. The van der Waals surface area contributed by atoms with Crippen LogP contribution in [0.4, 0.5) is 5.69 Å². The van der Waals surface area contributed by atoms with Gasteiger partial charge in [0.1, 0.15) is 0 Å². The first-order chi connectivity index (χ1) is 13.8. The Morgan fingerprint density at radius 2 is 1.93 bits per heavy atom. The fourth-order valence-corrected chi connectivity index (χ4v) is 4.35. The summed E-state index contributed by atoms with van der Waals surface area (Å²) in [6, 6.07) is 14.6. The third kappa shape index (κ3) is 3.83. The number of hydrogen-bond donors (Lipinski definition) is 1. The summed E-state index contributed by atoms with van der Waals surface area (Å²) in [6.45, 7) is 8.72. The Bertz CT molecular complexity index is 1040. The highest BCUT2D eigenvalue weighted by atomic mass is 79.9. The topological polar surface area (TPSA) is 33.1 Å². The van der Waals surface area contributed by atoms with Gasteiger partial charge >= 0.3 is 0 Å². The van der Waals surface area contributed by atoms with Crippen LogP contribution in [0.15, 0.2) is 65.5 Å². The Balaban J connectivity index is 1.83. The summed E-state index contributed by atoms with van der Waals surface area (Å²) in [4.78, 5) is 6.84. The third-order valence-corrected chi connectivity index (χ3v) is 6.55. The molecule has 0 radical (unpaired) electrons. The lowest BCUT2D eigenvalue weighted by molar-refractivity contribution is 0.397. The summed E-state index contributed by atoms with van der Waals surface area (Å²) in [5.41, 5.74) is 4.47. The van der Waals surface area contributed by atoms with Crippen molar-refractivity contribution in [1.29, 1.82) is 0 Å². The van der Waals surface area contributed by atoms with Gasteiger partial charge in [0.2, 0.25) is 0 Å². The normalized spacial score (nSPS) is 19.5. The van der Waals surface area contributed by atoms with E-state index in [0.717, 1.165) is 21.0 Å². The van der Waals surface area contributed by atoms with Crippen molar-refractivity contribution in [1.82, 2.24) is 14.9 Å². The van der Waals surface area contributed by atoms with Crippen LogP contribution >= 0.6 is 28.1 Å². The highest BCUT2D eigenvalue weighted by Gasteiger charge is 2.41. The lowest BCUT2D eigenvalue weighted by Gasteiger charge is -2.28. The van der Waals surface area contributed by atoms with Crippen molar-refractivity contribution < 1.29 is 0 Å². The molecule has 0 bridgehead atoms. The molecule has 29 heavy (non-hydrogen) atoms. The van der Waals surface area contributed by atoms with Gasteiger partial charge in [-0.25, -0.2) is 0 Å². The first kappa shape index (κ1) is 20.1. The van der Waals surface area contributed by atoms with Crippen molar-refractivity contribution >= 4 is 38.9 Å². The molecule has 0 saturated carbocycles. The predicted molar refractivity (Wildman–Crippen MR) is 126 cm³/mol. The minimum absolute atomic E-state index is 0.0153. The van der Waals surface area contributed by atoms with Crippen LogP contribution in [0.5, 0.6) is 0 Å². The van der Waals surface area contributed by atoms with E-state index in [-0.39, 0.29) is 17.6 Å². The van der Waals surface area contributed by atoms with Gasteiger partial charge in [-0.1, -0.05) is 22.0 Å². The van der Waals surface area contributed by atoms with Gasteiger partial charge < -0.3 is 14.8 Å². The molecule has 2 atom stereocenters. The maximum Gasteiger partial charge on any atom is 0.174 e. The molecule has 0 aliphatic carbocycles. The van der Waals surface area contributed by atoms with Crippen LogP contribution in [0.3, 0.4) is 0 Å². The average Bonchev–Trinajstić information content (AvgIpc) is 3.29. The zero-order valence-corrected chi connectivity index (χ0v) is 19.5. The van der Waals surface area contributed by atoms with E-state index < -0.39 is 0 Å². The van der Waals surface area contributed by atoms with Gasteiger partial charge in [0.05, 0.1) is 17.8 Å². The lowest BCUT2D eigenvalue weighted by atomic mass is 9.98. The third-order valence-electron chi connectivity index (χ3n) is 5.35. The summed E-state index contributed by atoms with van der Waals surface area (Å²) in [5, 5.41) is 4.24. The molecule has 1 saturated heterocycles. The Kier molecular flexibility index (Phi) is 5.25. The maximum absolute atomic E-state index is 5.80. The van der Waals surface area contributed by atoms with E-state index in [0.29, 0.717) is 0 Å². The first-order valence-electron chi connectivity index (χ1n) is 9.71. The number of thiocarbonyl (C=S) groups is 1. The monoisotopic (exact) mass is 468 g/mol. The van der Waals surface area contributed by atoms with Gasteiger partial charge in [-0.2, -0.15) is 0 Å². The molecule has 0 spiro atoms. The molecule has 1 fully saturated rings. The summed E-state index contributed by atoms with van der Waals surface area (Å²) in [6.07, 6.45) is 6.22. The lowest BCUT2D eigenvalue weighted by Crippen LogP contribution is -2.29. The largest absolute Gasteiger partial charge is 0.351 e. The molecule has 150 valence electrons. The van der Waals surface area contributed by atoms with Gasteiger partial charge in [0.25, 0.3) is 0 Å². The number of halogens is 1. The molecule has 4 nitrogen and oxygen atoms in total. The van der Waals surface area contributed by atoms with Gasteiger partial charge in [0.15, 0.2) is 5.11 Å². The summed E-state index contributed by atoms with van der Waals surface area (Å²) < 4.78 is 3.35. The Hall–Kier alpha value is -2.18. The second-order valence-electron chi connectivity index (χ2n) is 8.45. The van der Waals surface area contributed by atoms with Crippen LogP contribution in [-0.4, -0.2) is 14.7 Å². The van der Waals surface area contributed by atoms with E-state index in [1.807, 2.05) is 18.3 Å². The van der Waals surface area contributed by atoms with Crippen LogP contribution in [-0.2, 0) is 5.54 Å². The Morgan fingerprint density at radius 3 is 2.55 bits per heavy atom. The molecule has 1 aliphatic heterocycles. The molecule has 0 amide bonds. The number of aromatic nitrogens is 2. The van der Waals surface area contributed by atoms with E-state index in [1.54, 1.807) is 0 Å². The quantitative estimate of drug-likeness (QED) is 0.486. The van der Waals surface area contributed by atoms with E-state index in [2.05, 4.69) is 106 Å². The summed E-state index contributed by atoms with van der Waals surface area (Å²) in [5.74, 6) is 0. The number of nitrogens with zero attached hydrogens (tertiary/aromatic N) is 3. The molecule has 1 aliphatic rings. The molecule has 0 unspecified atom stereocenters. The first-order valence-corrected chi connectivity index (χ1v) is 10.9. The van der Waals surface area contributed by atoms with Gasteiger partial charge in [-0.3, -0.25) is 4.98 Å². The number of nitrogens with one attached hydrogen (secondary N) is 1. The Morgan fingerprint density at radius 1 is 1.14 bits per heavy atom. The number of rotatable bonds is 3. The second-order valence-corrected chi connectivity index (χ2v) is 9.69. The maximum atomic E-state index is 5.80. The van der Waals surface area contributed by atoms with Crippen molar-refractivity contribution in [2.24, 2.45) is 0 Å². The zero-order chi connectivity index (χ0) is 20.8. The molecule has 1 N–H and O–H groups in total. The fraction of sp³-hybridized carbons (Fsp3) is 0.304.